The Morgan fingerprint density at radius 3 is 2.82 bits per heavy atom. The second kappa shape index (κ2) is 14.2. The summed E-state index contributed by atoms with van der Waals surface area (Å²) >= 11 is 0. The Balaban J connectivity index is 1.52. The second-order valence-corrected chi connectivity index (χ2v) is 7.22. The maximum atomic E-state index is 5.69. The third kappa shape index (κ3) is 9.42. The molecule has 0 bridgehead atoms. The summed E-state index contributed by atoms with van der Waals surface area (Å²) in [5.74, 6) is 0.901. The van der Waals surface area contributed by atoms with Crippen molar-refractivity contribution < 1.29 is 9.47 Å². The molecule has 1 aliphatic rings. The van der Waals surface area contributed by atoms with Crippen molar-refractivity contribution in [2.45, 2.75) is 45.1 Å². The summed E-state index contributed by atoms with van der Waals surface area (Å²) in [6, 6.07) is 10.5. The molecule has 0 saturated carbocycles. The third-order valence-electron chi connectivity index (χ3n) is 4.80. The van der Waals surface area contributed by atoms with E-state index >= 15 is 0 Å². The van der Waals surface area contributed by atoms with E-state index < -0.39 is 0 Å². The Morgan fingerprint density at radius 1 is 1.21 bits per heavy atom. The standard InChI is InChI=1S/C22H38N4O2/c1-3-23-22(25-15-10-17-27-19-21-13-9-18-28-21)24-14-7-8-16-26(2)20-11-5-4-6-12-20/h4-6,11-12,21H,3,7-10,13-19H2,1-2H3,(H2,23,24,25). The number of nitrogens with zero attached hydrogens (tertiary/aromatic N) is 2. The van der Waals surface area contributed by atoms with E-state index in [4.69, 9.17) is 9.47 Å². The van der Waals surface area contributed by atoms with Crippen molar-refractivity contribution >= 4 is 11.6 Å². The van der Waals surface area contributed by atoms with Gasteiger partial charge >= 0.3 is 0 Å². The molecule has 2 rings (SSSR count). The van der Waals surface area contributed by atoms with Crippen LogP contribution in [0.3, 0.4) is 0 Å². The van der Waals surface area contributed by atoms with Crippen LogP contribution in [0.4, 0.5) is 5.69 Å². The molecule has 1 unspecified atom stereocenters. The van der Waals surface area contributed by atoms with Crippen LogP contribution >= 0.6 is 0 Å². The van der Waals surface area contributed by atoms with Crippen LogP contribution in [0.1, 0.15) is 39.0 Å². The zero-order valence-corrected chi connectivity index (χ0v) is 17.7. The van der Waals surface area contributed by atoms with Gasteiger partial charge in [0.05, 0.1) is 12.7 Å². The summed E-state index contributed by atoms with van der Waals surface area (Å²) in [5.41, 5.74) is 1.27. The maximum Gasteiger partial charge on any atom is 0.191 e. The Bertz CT molecular complexity index is 533. The molecule has 2 N–H and O–H groups in total. The van der Waals surface area contributed by atoms with Crippen molar-refractivity contribution in [3.8, 4) is 0 Å². The highest BCUT2D eigenvalue weighted by molar-refractivity contribution is 5.79. The van der Waals surface area contributed by atoms with Crippen molar-refractivity contribution in [3.63, 3.8) is 0 Å². The van der Waals surface area contributed by atoms with Gasteiger partial charge in [-0.15, -0.1) is 0 Å². The normalized spacial score (nSPS) is 16.9. The minimum atomic E-state index is 0.309. The van der Waals surface area contributed by atoms with Crippen LogP contribution in [-0.4, -0.2) is 65.1 Å². The molecule has 6 nitrogen and oxygen atoms in total. The smallest absolute Gasteiger partial charge is 0.191 e. The first-order valence-corrected chi connectivity index (χ1v) is 10.8. The van der Waals surface area contributed by atoms with Crippen LogP contribution in [0.5, 0.6) is 0 Å². The lowest BCUT2D eigenvalue weighted by Crippen LogP contribution is -2.38. The topological polar surface area (TPSA) is 58.1 Å². The molecule has 1 aromatic carbocycles. The maximum absolute atomic E-state index is 5.69. The highest BCUT2D eigenvalue weighted by atomic mass is 16.5. The quantitative estimate of drug-likeness (QED) is 0.308. The van der Waals surface area contributed by atoms with Crippen LogP contribution in [0, 0.1) is 0 Å². The van der Waals surface area contributed by atoms with E-state index in [9.17, 15) is 0 Å². The Kier molecular flexibility index (Phi) is 11.4. The number of ether oxygens (including phenoxy) is 2. The predicted molar refractivity (Wildman–Crippen MR) is 117 cm³/mol. The molecule has 1 atom stereocenters. The number of rotatable bonds is 13. The van der Waals surface area contributed by atoms with Gasteiger partial charge in [-0.2, -0.15) is 0 Å². The molecule has 0 aromatic heterocycles. The number of aliphatic imine (C=N–C) groups is 1. The molecule has 1 aromatic rings. The molecule has 1 saturated heterocycles. The lowest BCUT2D eigenvalue weighted by Gasteiger charge is -2.19. The van der Waals surface area contributed by atoms with Crippen molar-refractivity contribution in [1.29, 1.82) is 0 Å². The van der Waals surface area contributed by atoms with Crippen molar-refractivity contribution in [3.05, 3.63) is 30.3 Å². The number of hydrogen-bond acceptors (Lipinski definition) is 4. The number of nitrogens with one attached hydrogen (secondary N) is 2. The highest BCUT2D eigenvalue weighted by Crippen LogP contribution is 2.12. The summed E-state index contributed by atoms with van der Waals surface area (Å²) in [7, 11) is 2.15. The second-order valence-electron chi connectivity index (χ2n) is 7.22. The summed E-state index contributed by atoms with van der Waals surface area (Å²) in [4.78, 5) is 6.94. The largest absolute Gasteiger partial charge is 0.379 e. The molecule has 0 radical (unpaired) electrons. The van der Waals surface area contributed by atoms with Gasteiger partial charge in [0.1, 0.15) is 0 Å². The highest BCUT2D eigenvalue weighted by Gasteiger charge is 2.14. The van der Waals surface area contributed by atoms with Gasteiger partial charge < -0.3 is 25.0 Å². The lowest BCUT2D eigenvalue weighted by atomic mass is 10.2. The minimum absolute atomic E-state index is 0.309. The number of guanidine groups is 1. The van der Waals surface area contributed by atoms with Crippen molar-refractivity contribution in [2.24, 2.45) is 4.99 Å². The van der Waals surface area contributed by atoms with Gasteiger partial charge in [-0.1, -0.05) is 18.2 Å². The Hall–Kier alpha value is -1.79. The number of unbranched alkanes of at least 4 members (excludes halogenated alkanes) is 1. The van der Waals surface area contributed by atoms with Gasteiger partial charge in [0.15, 0.2) is 5.96 Å². The fourth-order valence-electron chi connectivity index (χ4n) is 3.18. The molecular formula is C22H38N4O2. The third-order valence-corrected chi connectivity index (χ3v) is 4.80. The lowest BCUT2D eigenvalue weighted by molar-refractivity contribution is 0.0171. The van der Waals surface area contributed by atoms with Crippen LogP contribution in [0.25, 0.3) is 0 Å². The zero-order chi connectivity index (χ0) is 19.9. The van der Waals surface area contributed by atoms with Crippen LogP contribution in [-0.2, 0) is 9.47 Å². The van der Waals surface area contributed by atoms with Gasteiger partial charge in [-0.25, -0.2) is 0 Å². The predicted octanol–water partition coefficient (Wildman–Crippen LogP) is 3.04. The number of hydrogen-bond donors (Lipinski definition) is 2. The number of benzene rings is 1. The molecule has 1 fully saturated rings. The van der Waals surface area contributed by atoms with Gasteiger partial charge in [0.2, 0.25) is 0 Å². The van der Waals surface area contributed by atoms with E-state index in [0.29, 0.717) is 6.10 Å². The number of anilines is 1. The summed E-state index contributed by atoms with van der Waals surface area (Å²) < 4.78 is 11.2. The summed E-state index contributed by atoms with van der Waals surface area (Å²) in [6.45, 7) is 8.09. The molecular weight excluding hydrogens is 352 g/mol. The SMILES string of the molecule is CCNC(=NCCCOCC1CCCO1)NCCCCN(C)c1ccccc1. The van der Waals surface area contributed by atoms with Crippen LogP contribution in [0.2, 0.25) is 0 Å². The van der Waals surface area contributed by atoms with E-state index in [1.165, 1.54) is 12.1 Å². The van der Waals surface area contributed by atoms with Gasteiger partial charge in [0.25, 0.3) is 0 Å². The molecule has 6 heteroatoms. The fraction of sp³-hybridized carbons (Fsp3) is 0.682. The van der Waals surface area contributed by atoms with Gasteiger partial charge in [-0.05, 0) is 51.2 Å². The Labute approximate surface area is 170 Å². The van der Waals surface area contributed by atoms with Crippen molar-refractivity contribution in [1.82, 2.24) is 10.6 Å². The summed E-state index contributed by atoms with van der Waals surface area (Å²) in [5, 5.41) is 6.74. The monoisotopic (exact) mass is 390 g/mol. The van der Waals surface area contributed by atoms with E-state index in [-0.39, 0.29) is 0 Å². The molecule has 0 aliphatic carbocycles. The fourth-order valence-corrected chi connectivity index (χ4v) is 3.18. The van der Waals surface area contributed by atoms with Gasteiger partial charge in [-0.3, -0.25) is 4.99 Å². The van der Waals surface area contributed by atoms with Crippen LogP contribution < -0.4 is 15.5 Å². The summed E-state index contributed by atoms with van der Waals surface area (Å²) in [6.07, 6.45) is 5.81. The van der Waals surface area contributed by atoms with Crippen LogP contribution in [0.15, 0.2) is 35.3 Å². The van der Waals surface area contributed by atoms with Gasteiger partial charge in [0, 0.05) is 52.1 Å². The first-order chi connectivity index (χ1) is 13.8. The molecule has 28 heavy (non-hydrogen) atoms. The Morgan fingerprint density at radius 2 is 2.07 bits per heavy atom. The average molecular weight is 391 g/mol. The van der Waals surface area contributed by atoms with E-state index in [1.54, 1.807) is 0 Å². The molecule has 0 spiro atoms. The molecule has 1 heterocycles. The first-order valence-electron chi connectivity index (χ1n) is 10.8. The first kappa shape index (κ1) is 22.5. The molecule has 1 aliphatic heterocycles. The van der Waals surface area contributed by atoms with E-state index in [1.807, 2.05) is 0 Å². The van der Waals surface area contributed by atoms with E-state index in [2.05, 4.69) is 64.8 Å². The number of para-hydroxylation sites is 1. The molecule has 0 amide bonds. The molecule has 158 valence electrons. The van der Waals surface area contributed by atoms with Crippen molar-refractivity contribution in [2.75, 3.05) is 57.9 Å². The zero-order valence-electron chi connectivity index (χ0n) is 17.7. The minimum Gasteiger partial charge on any atom is -0.379 e. The van der Waals surface area contributed by atoms with E-state index in [0.717, 1.165) is 77.6 Å². The average Bonchev–Trinajstić information content (AvgIpc) is 3.24.